The molecule has 0 unspecified atom stereocenters. The fourth-order valence-electron chi connectivity index (χ4n) is 3.57. The zero-order valence-corrected chi connectivity index (χ0v) is 16.2. The lowest BCUT2D eigenvalue weighted by atomic mass is 10.0. The molecule has 0 aliphatic carbocycles. The summed E-state index contributed by atoms with van der Waals surface area (Å²) in [6.45, 7) is 4.12. The maximum atomic E-state index is 12.9. The quantitative estimate of drug-likeness (QED) is 0.706. The molecule has 152 valence electrons. The highest BCUT2D eigenvalue weighted by Gasteiger charge is 2.19. The van der Waals surface area contributed by atoms with Crippen molar-refractivity contribution in [3.63, 3.8) is 0 Å². The van der Waals surface area contributed by atoms with Crippen molar-refractivity contribution in [3.05, 3.63) is 58.4 Å². The third kappa shape index (κ3) is 4.28. The van der Waals surface area contributed by atoms with Gasteiger partial charge in [0.25, 0.3) is 5.78 Å². The van der Waals surface area contributed by atoms with Crippen LogP contribution in [0.2, 0.25) is 0 Å². The van der Waals surface area contributed by atoms with Gasteiger partial charge in [-0.25, -0.2) is 18.3 Å². The number of nitrogens with zero attached hydrogens (tertiary/aromatic N) is 5. The molecule has 1 fully saturated rings. The average molecular weight is 398 g/mol. The van der Waals surface area contributed by atoms with Crippen LogP contribution in [-0.4, -0.2) is 38.2 Å². The van der Waals surface area contributed by atoms with Crippen LogP contribution in [0.3, 0.4) is 0 Å². The maximum absolute atomic E-state index is 12.9. The molecule has 1 N–H and O–H groups in total. The number of anilines is 1. The van der Waals surface area contributed by atoms with Gasteiger partial charge in [0.05, 0.1) is 0 Å². The third-order valence-electron chi connectivity index (χ3n) is 5.12. The molecule has 1 aromatic carbocycles. The molecule has 1 aliphatic rings. The molecule has 29 heavy (non-hydrogen) atoms. The number of halogens is 1. The van der Waals surface area contributed by atoms with E-state index >= 15 is 0 Å². The Balaban J connectivity index is 1.46. The van der Waals surface area contributed by atoms with Gasteiger partial charge in [-0.3, -0.25) is 4.79 Å². The molecule has 9 heteroatoms. The monoisotopic (exact) mass is 398 g/mol. The van der Waals surface area contributed by atoms with E-state index in [1.165, 1.54) is 23.0 Å². The summed E-state index contributed by atoms with van der Waals surface area (Å²) >= 11 is 0. The first kappa shape index (κ1) is 19.1. The highest BCUT2D eigenvalue weighted by atomic mass is 19.1. The first-order valence-electron chi connectivity index (χ1n) is 9.72. The Morgan fingerprint density at radius 2 is 2.07 bits per heavy atom. The number of amides is 1. The maximum Gasteiger partial charge on any atom is 0.352 e. The minimum atomic E-state index is -0.414. The normalized spacial score (nSPS) is 16.9. The van der Waals surface area contributed by atoms with Crippen molar-refractivity contribution in [2.75, 3.05) is 18.0 Å². The Morgan fingerprint density at radius 1 is 1.28 bits per heavy atom. The predicted octanol–water partition coefficient (Wildman–Crippen LogP) is 1.58. The Morgan fingerprint density at radius 3 is 2.83 bits per heavy atom. The Bertz CT molecular complexity index is 1070. The summed E-state index contributed by atoms with van der Waals surface area (Å²) in [6, 6.07) is 7.67. The van der Waals surface area contributed by atoms with Crippen LogP contribution < -0.4 is 15.9 Å². The number of nitrogens with one attached hydrogen (secondary N) is 1. The van der Waals surface area contributed by atoms with E-state index in [0.29, 0.717) is 5.92 Å². The van der Waals surface area contributed by atoms with Crippen LogP contribution in [0.4, 0.5) is 10.2 Å². The van der Waals surface area contributed by atoms with E-state index in [4.69, 9.17) is 0 Å². The fourth-order valence-corrected chi connectivity index (χ4v) is 3.57. The molecule has 1 atom stereocenters. The van der Waals surface area contributed by atoms with Gasteiger partial charge in [-0.1, -0.05) is 19.1 Å². The molecule has 1 aliphatic heterocycles. The zero-order valence-electron chi connectivity index (χ0n) is 16.2. The number of benzene rings is 1. The second-order valence-electron chi connectivity index (χ2n) is 7.49. The number of hydrogen-bond donors (Lipinski definition) is 1. The number of hydrogen-bond acceptors (Lipinski definition) is 5. The second kappa shape index (κ2) is 8.02. The minimum Gasteiger partial charge on any atom is -0.356 e. The van der Waals surface area contributed by atoms with E-state index in [9.17, 15) is 14.0 Å². The summed E-state index contributed by atoms with van der Waals surface area (Å²) in [5, 5.41) is 6.92. The van der Waals surface area contributed by atoms with Crippen molar-refractivity contribution in [2.24, 2.45) is 5.92 Å². The predicted molar refractivity (Wildman–Crippen MR) is 106 cm³/mol. The lowest BCUT2D eigenvalue weighted by molar-refractivity contribution is -0.122. The zero-order chi connectivity index (χ0) is 20.4. The number of aromatic nitrogens is 4. The van der Waals surface area contributed by atoms with Crippen molar-refractivity contribution in [1.82, 2.24) is 24.5 Å². The molecule has 3 heterocycles. The molecule has 4 rings (SSSR count). The Kier molecular flexibility index (Phi) is 5.28. The van der Waals surface area contributed by atoms with Crippen LogP contribution >= 0.6 is 0 Å². The molecule has 0 saturated carbocycles. The van der Waals surface area contributed by atoms with E-state index in [1.54, 1.807) is 18.3 Å². The number of fused-ring (bicyclic) bond motifs is 1. The molecular weight excluding hydrogens is 375 g/mol. The summed E-state index contributed by atoms with van der Waals surface area (Å²) in [5.41, 5.74) is 0.354. The van der Waals surface area contributed by atoms with Crippen molar-refractivity contribution in [2.45, 2.75) is 32.9 Å². The standard InChI is InChI=1S/C20H23FN6O2/c1-14-3-2-9-25(12-14)17-8-10-26-19(23-17)24-27(20(26)29)13-18(28)22-11-15-4-6-16(21)7-5-15/h4-8,10,14H,2-3,9,11-13H2,1H3,(H,22,28)/t14-/m0/s1. The van der Waals surface area contributed by atoms with Crippen LogP contribution in [0, 0.1) is 11.7 Å². The number of carbonyl (C=O) groups excluding carboxylic acids is 1. The van der Waals surface area contributed by atoms with E-state index in [0.717, 1.165) is 35.6 Å². The fraction of sp³-hybridized carbons (Fsp3) is 0.400. The number of rotatable bonds is 5. The topological polar surface area (TPSA) is 84.5 Å². The van der Waals surface area contributed by atoms with Gasteiger partial charge in [0, 0.05) is 25.8 Å². The Hall–Kier alpha value is -3.23. The molecule has 8 nitrogen and oxygen atoms in total. The van der Waals surface area contributed by atoms with E-state index in [1.807, 2.05) is 6.07 Å². The molecule has 3 aromatic rings. The largest absolute Gasteiger partial charge is 0.356 e. The molecule has 0 radical (unpaired) electrons. The van der Waals surface area contributed by atoms with Gasteiger partial charge < -0.3 is 10.2 Å². The molecule has 0 spiro atoms. The first-order valence-corrected chi connectivity index (χ1v) is 9.72. The van der Waals surface area contributed by atoms with E-state index in [-0.39, 0.29) is 30.6 Å². The molecule has 1 saturated heterocycles. The summed E-state index contributed by atoms with van der Waals surface area (Å²) in [5.74, 6) is 0.984. The summed E-state index contributed by atoms with van der Waals surface area (Å²) < 4.78 is 15.4. The smallest absolute Gasteiger partial charge is 0.352 e. The van der Waals surface area contributed by atoms with Gasteiger partial charge in [-0.15, -0.1) is 5.10 Å². The van der Waals surface area contributed by atoms with Crippen LogP contribution in [-0.2, 0) is 17.9 Å². The van der Waals surface area contributed by atoms with Crippen LogP contribution in [0.5, 0.6) is 0 Å². The minimum absolute atomic E-state index is 0.209. The van der Waals surface area contributed by atoms with Crippen LogP contribution in [0.25, 0.3) is 5.78 Å². The summed E-state index contributed by atoms with van der Waals surface area (Å²) in [4.78, 5) is 31.4. The van der Waals surface area contributed by atoms with Crippen LogP contribution in [0.15, 0.2) is 41.3 Å². The van der Waals surface area contributed by atoms with Crippen molar-refractivity contribution >= 4 is 17.5 Å². The van der Waals surface area contributed by atoms with E-state index < -0.39 is 5.69 Å². The van der Waals surface area contributed by atoms with Crippen LogP contribution in [0.1, 0.15) is 25.3 Å². The van der Waals surface area contributed by atoms with Gasteiger partial charge in [0.15, 0.2) is 0 Å². The lowest BCUT2D eigenvalue weighted by Gasteiger charge is -2.31. The second-order valence-corrected chi connectivity index (χ2v) is 7.49. The highest BCUT2D eigenvalue weighted by molar-refractivity contribution is 5.75. The SMILES string of the molecule is C[C@H]1CCCN(c2ccn3c(=O)n(CC(=O)NCc4ccc(F)cc4)nc3n2)C1. The van der Waals surface area contributed by atoms with Gasteiger partial charge in [0.2, 0.25) is 5.91 Å². The van der Waals surface area contributed by atoms with Crippen molar-refractivity contribution < 1.29 is 9.18 Å². The van der Waals surface area contributed by atoms with Gasteiger partial charge in [-0.05, 0) is 42.5 Å². The highest BCUT2D eigenvalue weighted by Crippen LogP contribution is 2.21. The summed E-state index contributed by atoms with van der Waals surface area (Å²) in [7, 11) is 0. The van der Waals surface area contributed by atoms with Gasteiger partial charge >= 0.3 is 5.69 Å². The molecule has 2 aromatic heterocycles. The molecule has 0 bridgehead atoms. The first-order chi connectivity index (χ1) is 14.0. The van der Waals surface area contributed by atoms with Gasteiger partial charge in [0.1, 0.15) is 18.2 Å². The van der Waals surface area contributed by atoms with E-state index in [2.05, 4.69) is 27.2 Å². The average Bonchev–Trinajstić information content (AvgIpc) is 3.02. The molecular formula is C20H23FN6O2. The van der Waals surface area contributed by atoms with Crippen molar-refractivity contribution in [3.8, 4) is 0 Å². The lowest BCUT2D eigenvalue weighted by Crippen LogP contribution is -2.35. The Labute approximate surface area is 167 Å². The number of carbonyl (C=O) groups is 1. The summed E-state index contributed by atoms with van der Waals surface area (Å²) in [6.07, 6.45) is 3.97. The number of piperidine rings is 1. The molecule has 1 amide bonds. The van der Waals surface area contributed by atoms with Crippen molar-refractivity contribution in [1.29, 1.82) is 0 Å². The van der Waals surface area contributed by atoms with Gasteiger partial charge in [-0.2, -0.15) is 4.98 Å². The third-order valence-corrected chi connectivity index (χ3v) is 5.12.